The molecule has 2 rings (SSSR count). The molecule has 3 atom stereocenters. The average molecular weight is 321 g/mol. The molecule has 132 valence electrons. The zero-order valence-electron chi connectivity index (χ0n) is 16.1. The molecule has 0 unspecified atom stereocenters. The van der Waals surface area contributed by atoms with E-state index in [0.29, 0.717) is 23.2 Å². The van der Waals surface area contributed by atoms with E-state index in [2.05, 4.69) is 34.6 Å². The van der Waals surface area contributed by atoms with E-state index in [9.17, 15) is 4.79 Å². The molecule has 0 amide bonds. The van der Waals surface area contributed by atoms with Crippen LogP contribution in [-0.2, 0) is 9.53 Å². The van der Waals surface area contributed by atoms with Gasteiger partial charge in [-0.1, -0.05) is 45.3 Å². The lowest BCUT2D eigenvalue weighted by Crippen LogP contribution is -2.45. The van der Waals surface area contributed by atoms with Gasteiger partial charge >= 0.3 is 5.97 Å². The largest absolute Gasteiger partial charge is 0.469 e. The smallest absolute Gasteiger partial charge is 0.305 e. The van der Waals surface area contributed by atoms with E-state index in [1.54, 1.807) is 11.1 Å². The number of carbonyl (C=O) groups excluding carboxylic acids is 1. The van der Waals surface area contributed by atoms with Crippen LogP contribution in [0.5, 0.6) is 0 Å². The van der Waals surface area contributed by atoms with Crippen LogP contribution in [0.3, 0.4) is 0 Å². The van der Waals surface area contributed by atoms with E-state index < -0.39 is 0 Å². The summed E-state index contributed by atoms with van der Waals surface area (Å²) >= 11 is 0. The van der Waals surface area contributed by atoms with Crippen LogP contribution in [0.4, 0.5) is 0 Å². The molecule has 1 saturated carbocycles. The second kappa shape index (κ2) is 6.99. The third-order valence-electron chi connectivity index (χ3n) is 6.87. The van der Waals surface area contributed by atoms with E-state index in [-0.39, 0.29) is 5.97 Å². The number of methoxy groups -OCH3 is 1. The number of esters is 1. The molecule has 0 aromatic carbocycles. The molecule has 2 aliphatic carbocycles. The van der Waals surface area contributed by atoms with Crippen molar-refractivity contribution in [1.82, 2.24) is 0 Å². The minimum atomic E-state index is -0.0743. The maximum absolute atomic E-state index is 11.5. The van der Waals surface area contributed by atoms with Crippen molar-refractivity contribution in [2.45, 2.75) is 86.0 Å². The Kier molecular flexibility index (Phi) is 5.63. The molecule has 0 aromatic heterocycles. The van der Waals surface area contributed by atoms with Gasteiger partial charge in [0, 0.05) is 6.42 Å². The van der Waals surface area contributed by atoms with Crippen LogP contribution in [0.15, 0.2) is 11.1 Å². The van der Waals surface area contributed by atoms with Crippen LogP contribution in [0, 0.1) is 22.7 Å². The Hall–Kier alpha value is -0.790. The Balaban J connectivity index is 2.11. The van der Waals surface area contributed by atoms with Crippen LogP contribution < -0.4 is 0 Å². The molecular formula is C21H36O2. The highest BCUT2D eigenvalue weighted by molar-refractivity contribution is 5.69. The third kappa shape index (κ3) is 3.83. The molecule has 0 N–H and O–H groups in total. The molecule has 0 aliphatic heterocycles. The SMILES string of the molecule is COC(=O)C[C@H](C)CCC1=C(C)CC[C@@H]2C(C)(C)CCC[C@@]12C. The molecule has 23 heavy (non-hydrogen) atoms. The molecular weight excluding hydrogens is 284 g/mol. The fourth-order valence-electron chi connectivity index (χ4n) is 5.55. The van der Waals surface area contributed by atoms with Crippen molar-refractivity contribution in [3.8, 4) is 0 Å². The number of ether oxygens (including phenoxy) is 1. The first-order chi connectivity index (χ1) is 10.7. The minimum absolute atomic E-state index is 0.0743. The van der Waals surface area contributed by atoms with Gasteiger partial charge in [-0.05, 0) is 68.1 Å². The van der Waals surface area contributed by atoms with Gasteiger partial charge in [-0.3, -0.25) is 4.79 Å². The maximum atomic E-state index is 11.5. The number of hydrogen-bond donors (Lipinski definition) is 0. The van der Waals surface area contributed by atoms with Gasteiger partial charge in [0.05, 0.1) is 7.11 Å². The predicted octanol–water partition coefficient (Wildman–Crippen LogP) is 5.91. The standard InChI is InChI=1S/C21H36O2/c1-15(14-19(22)23-6)8-10-17-16(2)9-11-18-20(3,4)12-7-13-21(17,18)5/h15,18H,7-14H2,1-6H3/t15-,18-,21+/m1/s1. The van der Waals surface area contributed by atoms with Gasteiger partial charge in [0.2, 0.25) is 0 Å². The van der Waals surface area contributed by atoms with Gasteiger partial charge in [0.1, 0.15) is 0 Å². The first-order valence-corrected chi connectivity index (χ1v) is 9.46. The highest BCUT2D eigenvalue weighted by Crippen LogP contribution is 2.60. The van der Waals surface area contributed by atoms with Crippen LogP contribution in [0.25, 0.3) is 0 Å². The number of fused-ring (bicyclic) bond motifs is 1. The van der Waals surface area contributed by atoms with Crippen molar-refractivity contribution in [2.75, 3.05) is 7.11 Å². The third-order valence-corrected chi connectivity index (χ3v) is 6.87. The van der Waals surface area contributed by atoms with E-state index in [1.807, 2.05) is 0 Å². The summed E-state index contributed by atoms with van der Waals surface area (Å²) in [7, 11) is 1.48. The Morgan fingerprint density at radius 3 is 2.65 bits per heavy atom. The van der Waals surface area contributed by atoms with Gasteiger partial charge in [0.15, 0.2) is 0 Å². The number of hydrogen-bond acceptors (Lipinski definition) is 2. The molecule has 2 aliphatic rings. The molecule has 1 fully saturated rings. The van der Waals surface area contributed by atoms with Crippen molar-refractivity contribution in [3.05, 3.63) is 11.1 Å². The van der Waals surface area contributed by atoms with Gasteiger partial charge < -0.3 is 4.74 Å². The first kappa shape index (κ1) is 18.5. The molecule has 0 radical (unpaired) electrons. The summed E-state index contributed by atoms with van der Waals surface area (Å²) in [6.07, 6.45) is 9.51. The second-order valence-electron chi connectivity index (χ2n) is 9.03. The molecule has 0 spiro atoms. The summed E-state index contributed by atoms with van der Waals surface area (Å²) in [5, 5.41) is 0. The van der Waals surface area contributed by atoms with Crippen LogP contribution in [0.1, 0.15) is 86.0 Å². The van der Waals surface area contributed by atoms with Gasteiger partial charge in [-0.15, -0.1) is 0 Å². The van der Waals surface area contributed by atoms with Crippen LogP contribution in [0.2, 0.25) is 0 Å². The quantitative estimate of drug-likeness (QED) is 0.465. The minimum Gasteiger partial charge on any atom is -0.469 e. The summed E-state index contributed by atoms with van der Waals surface area (Å²) in [5.41, 5.74) is 4.20. The Morgan fingerprint density at radius 2 is 2.00 bits per heavy atom. The Labute approximate surface area is 143 Å². The predicted molar refractivity (Wildman–Crippen MR) is 96.2 cm³/mol. The molecule has 0 saturated heterocycles. The van der Waals surface area contributed by atoms with Gasteiger partial charge in [-0.2, -0.15) is 0 Å². The molecule has 2 heteroatoms. The second-order valence-corrected chi connectivity index (χ2v) is 9.03. The number of carbonyl (C=O) groups is 1. The zero-order chi connectivity index (χ0) is 17.3. The van der Waals surface area contributed by atoms with Gasteiger partial charge in [-0.25, -0.2) is 0 Å². The van der Waals surface area contributed by atoms with Gasteiger partial charge in [0.25, 0.3) is 0 Å². The van der Waals surface area contributed by atoms with Crippen molar-refractivity contribution < 1.29 is 9.53 Å². The highest BCUT2D eigenvalue weighted by Gasteiger charge is 2.49. The molecule has 0 bridgehead atoms. The lowest BCUT2D eigenvalue weighted by molar-refractivity contribution is -0.141. The fourth-order valence-corrected chi connectivity index (χ4v) is 5.55. The normalized spacial score (nSPS) is 31.5. The number of rotatable bonds is 5. The van der Waals surface area contributed by atoms with E-state index in [4.69, 9.17) is 4.74 Å². The summed E-state index contributed by atoms with van der Waals surface area (Å²) in [5.74, 6) is 1.15. The lowest BCUT2D eigenvalue weighted by atomic mass is 9.50. The maximum Gasteiger partial charge on any atom is 0.305 e. The van der Waals surface area contributed by atoms with Crippen molar-refractivity contribution in [2.24, 2.45) is 22.7 Å². The van der Waals surface area contributed by atoms with E-state index >= 15 is 0 Å². The monoisotopic (exact) mass is 320 g/mol. The molecule has 2 nitrogen and oxygen atoms in total. The highest BCUT2D eigenvalue weighted by atomic mass is 16.5. The summed E-state index contributed by atoms with van der Waals surface area (Å²) in [6.45, 7) is 12.0. The Morgan fingerprint density at radius 1 is 1.30 bits per heavy atom. The lowest BCUT2D eigenvalue weighted by Gasteiger charge is -2.55. The van der Waals surface area contributed by atoms with Crippen molar-refractivity contribution in [3.63, 3.8) is 0 Å². The van der Waals surface area contributed by atoms with Crippen molar-refractivity contribution >= 4 is 5.97 Å². The first-order valence-electron chi connectivity index (χ1n) is 9.46. The Bertz CT molecular complexity index is 474. The summed E-state index contributed by atoms with van der Waals surface area (Å²) in [4.78, 5) is 11.5. The topological polar surface area (TPSA) is 26.3 Å². The molecule has 0 heterocycles. The fraction of sp³-hybridized carbons (Fsp3) is 0.857. The van der Waals surface area contributed by atoms with Crippen LogP contribution in [-0.4, -0.2) is 13.1 Å². The average Bonchev–Trinajstić information content (AvgIpc) is 2.45. The van der Waals surface area contributed by atoms with E-state index in [0.717, 1.165) is 18.8 Å². The summed E-state index contributed by atoms with van der Waals surface area (Å²) < 4.78 is 4.82. The molecule has 0 aromatic rings. The zero-order valence-corrected chi connectivity index (χ0v) is 16.1. The van der Waals surface area contributed by atoms with Crippen LogP contribution >= 0.6 is 0 Å². The van der Waals surface area contributed by atoms with E-state index in [1.165, 1.54) is 39.2 Å². The summed E-state index contributed by atoms with van der Waals surface area (Å²) in [6, 6.07) is 0. The number of allylic oxidation sites excluding steroid dienone is 2. The van der Waals surface area contributed by atoms with Crippen molar-refractivity contribution in [1.29, 1.82) is 0 Å².